The number of carbonyl (C=O) groups is 1. The van der Waals surface area contributed by atoms with Crippen LogP contribution in [-0.2, 0) is 4.79 Å². The molecule has 1 heterocycles. The number of aryl methyl sites for hydroxylation is 1. The molecule has 1 amide bonds. The van der Waals surface area contributed by atoms with Crippen LogP contribution in [-0.4, -0.2) is 35.4 Å². The molecule has 0 aromatic heterocycles. The number of carbonyl (C=O) groups excluding carboxylic acids is 1. The molecular weight excluding hydrogens is 294 g/mol. The van der Waals surface area contributed by atoms with Crippen molar-refractivity contribution in [1.82, 2.24) is 4.90 Å². The van der Waals surface area contributed by atoms with Crippen LogP contribution in [0.3, 0.4) is 0 Å². The van der Waals surface area contributed by atoms with E-state index in [1.165, 1.54) is 0 Å². The summed E-state index contributed by atoms with van der Waals surface area (Å²) in [6, 6.07) is 5.93. The van der Waals surface area contributed by atoms with E-state index < -0.39 is 5.38 Å². The van der Waals surface area contributed by atoms with E-state index in [0.717, 1.165) is 22.6 Å². The maximum Gasteiger partial charge on any atom is 0.245 e. The van der Waals surface area contributed by atoms with Crippen LogP contribution in [0.2, 0.25) is 0 Å². The second-order valence-corrected chi connectivity index (χ2v) is 6.06. The molecule has 0 aliphatic carbocycles. The van der Waals surface area contributed by atoms with Crippen LogP contribution < -0.4 is 4.74 Å². The summed E-state index contributed by atoms with van der Waals surface area (Å²) in [7, 11) is 1.76. The Morgan fingerprint density at radius 2 is 2.25 bits per heavy atom. The minimum absolute atomic E-state index is 0.0497. The first-order valence-corrected chi connectivity index (χ1v) is 8.22. The maximum atomic E-state index is 12.0. The van der Waals surface area contributed by atoms with Gasteiger partial charge in [-0.3, -0.25) is 4.79 Å². The molecule has 1 aromatic rings. The first-order chi connectivity index (χ1) is 9.54. The van der Waals surface area contributed by atoms with Gasteiger partial charge in [0.1, 0.15) is 17.1 Å². The molecule has 2 rings (SSSR count). The Hall–Kier alpha value is -1.13. The molecule has 0 N–H and O–H groups in total. The van der Waals surface area contributed by atoms with Gasteiger partial charge in [0, 0.05) is 18.3 Å². The van der Waals surface area contributed by atoms with Crippen molar-refractivity contribution >= 4 is 35.0 Å². The van der Waals surface area contributed by atoms with Crippen LogP contribution in [0.4, 0.5) is 0 Å². The topological polar surface area (TPSA) is 29.5 Å². The van der Waals surface area contributed by atoms with Gasteiger partial charge in [0.15, 0.2) is 0 Å². The van der Waals surface area contributed by atoms with E-state index in [9.17, 15) is 4.79 Å². The van der Waals surface area contributed by atoms with E-state index in [1.54, 1.807) is 23.7 Å². The van der Waals surface area contributed by atoms with Gasteiger partial charge in [-0.1, -0.05) is 6.08 Å². The van der Waals surface area contributed by atoms with Crippen molar-refractivity contribution in [2.45, 2.75) is 18.7 Å². The van der Waals surface area contributed by atoms with Crippen LogP contribution in [0.5, 0.6) is 5.75 Å². The summed E-state index contributed by atoms with van der Waals surface area (Å²) in [4.78, 5) is 13.6. The molecule has 1 aliphatic heterocycles. The van der Waals surface area contributed by atoms with Crippen molar-refractivity contribution in [2.75, 3.05) is 19.2 Å². The first-order valence-electron chi connectivity index (χ1n) is 6.39. The van der Waals surface area contributed by atoms with Crippen LogP contribution >= 0.6 is 23.4 Å². The zero-order chi connectivity index (χ0) is 14.7. The molecule has 0 saturated heterocycles. The largest absolute Gasteiger partial charge is 0.483 e. The van der Waals surface area contributed by atoms with Gasteiger partial charge in [0.2, 0.25) is 5.91 Å². The third-order valence-electron chi connectivity index (χ3n) is 3.30. The summed E-state index contributed by atoms with van der Waals surface area (Å²) in [5.74, 6) is 1.43. The molecule has 0 saturated carbocycles. The van der Waals surface area contributed by atoms with Crippen molar-refractivity contribution in [1.29, 1.82) is 0 Å². The highest BCUT2D eigenvalue weighted by atomic mass is 35.5. The second-order valence-electron chi connectivity index (χ2n) is 4.72. The summed E-state index contributed by atoms with van der Waals surface area (Å²) < 4.78 is 5.59. The van der Waals surface area contributed by atoms with Crippen molar-refractivity contribution in [3.63, 3.8) is 0 Å². The zero-order valence-corrected chi connectivity index (χ0v) is 13.4. The lowest BCUT2D eigenvalue weighted by atomic mass is 10.0. The normalized spacial score (nSPS) is 19.0. The number of halogens is 1. The van der Waals surface area contributed by atoms with E-state index in [2.05, 4.69) is 0 Å². The highest BCUT2D eigenvalue weighted by Gasteiger charge is 2.27. The third kappa shape index (κ3) is 3.13. The van der Waals surface area contributed by atoms with Gasteiger partial charge >= 0.3 is 0 Å². The molecule has 20 heavy (non-hydrogen) atoms. The predicted molar refractivity (Wildman–Crippen MR) is 85.2 cm³/mol. The smallest absolute Gasteiger partial charge is 0.245 e. The Balaban J connectivity index is 2.27. The number of thioether (sulfide) groups is 1. The monoisotopic (exact) mass is 311 g/mol. The SMILES string of the molecule is CSCOc1ccc(C2=CCC(Cl)C(=O)N2C)c(C)c1. The summed E-state index contributed by atoms with van der Waals surface area (Å²) in [6.45, 7) is 2.02. The summed E-state index contributed by atoms with van der Waals surface area (Å²) >= 11 is 7.61. The predicted octanol–water partition coefficient (Wildman–Crippen LogP) is 3.50. The van der Waals surface area contributed by atoms with Crippen molar-refractivity contribution in [2.24, 2.45) is 0 Å². The lowest BCUT2D eigenvalue weighted by Gasteiger charge is -2.28. The quantitative estimate of drug-likeness (QED) is 0.629. The fourth-order valence-corrected chi connectivity index (χ4v) is 2.70. The van der Waals surface area contributed by atoms with Crippen molar-refractivity contribution < 1.29 is 9.53 Å². The third-order valence-corrected chi connectivity index (χ3v) is 4.01. The van der Waals surface area contributed by atoms with Crippen LogP contribution in [0.15, 0.2) is 24.3 Å². The Labute approximate surface area is 128 Å². The highest BCUT2D eigenvalue weighted by molar-refractivity contribution is 7.98. The molecule has 0 spiro atoms. The zero-order valence-electron chi connectivity index (χ0n) is 11.9. The molecule has 1 aromatic carbocycles. The Morgan fingerprint density at radius 3 is 2.90 bits per heavy atom. The van der Waals surface area contributed by atoms with E-state index >= 15 is 0 Å². The van der Waals surface area contributed by atoms with Gasteiger partial charge in [-0.15, -0.1) is 23.4 Å². The molecule has 0 fully saturated rings. The maximum absolute atomic E-state index is 12.0. The van der Waals surface area contributed by atoms with Gasteiger partial charge in [-0.05, 0) is 43.4 Å². The number of rotatable bonds is 4. The van der Waals surface area contributed by atoms with Gasteiger partial charge < -0.3 is 9.64 Å². The van der Waals surface area contributed by atoms with E-state index in [1.807, 2.05) is 37.5 Å². The Bertz CT molecular complexity index is 545. The Morgan fingerprint density at radius 1 is 1.50 bits per heavy atom. The summed E-state index contributed by atoms with van der Waals surface area (Å²) in [5.41, 5.74) is 3.05. The van der Waals surface area contributed by atoms with Crippen molar-refractivity contribution in [3.8, 4) is 5.75 Å². The molecule has 108 valence electrons. The van der Waals surface area contributed by atoms with E-state index in [4.69, 9.17) is 16.3 Å². The van der Waals surface area contributed by atoms with Gasteiger partial charge in [-0.2, -0.15) is 0 Å². The number of hydrogen-bond donors (Lipinski definition) is 0. The lowest BCUT2D eigenvalue weighted by molar-refractivity contribution is -0.126. The van der Waals surface area contributed by atoms with Crippen molar-refractivity contribution in [3.05, 3.63) is 35.4 Å². The Kier molecular flexibility index (Phi) is 5.00. The molecule has 1 unspecified atom stereocenters. The van der Waals surface area contributed by atoms with E-state index in [-0.39, 0.29) is 5.91 Å². The molecular formula is C15H18ClNO2S. The first kappa shape index (κ1) is 15.3. The number of benzene rings is 1. The number of amides is 1. The second kappa shape index (κ2) is 6.55. The minimum Gasteiger partial charge on any atom is -0.483 e. The molecule has 0 bridgehead atoms. The van der Waals surface area contributed by atoms with Gasteiger partial charge in [-0.25, -0.2) is 0 Å². The molecule has 1 aliphatic rings. The number of allylic oxidation sites excluding steroid dienone is 1. The minimum atomic E-state index is -0.451. The van der Waals surface area contributed by atoms with Crippen LogP contribution in [0.25, 0.3) is 5.70 Å². The number of ether oxygens (including phenoxy) is 1. The van der Waals surface area contributed by atoms with Crippen LogP contribution in [0.1, 0.15) is 17.5 Å². The average molecular weight is 312 g/mol. The lowest BCUT2D eigenvalue weighted by Crippen LogP contribution is -2.35. The number of alkyl halides is 1. The molecule has 5 heteroatoms. The fraction of sp³-hybridized carbons (Fsp3) is 0.400. The summed E-state index contributed by atoms with van der Waals surface area (Å²) in [5, 5.41) is -0.451. The number of hydrogen-bond acceptors (Lipinski definition) is 3. The molecule has 0 radical (unpaired) electrons. The molecule has 3 nitrogen and oxygen atoms in total. The standard InChI is InChI=1S/C15H18ClNO2S/c1-10-8-11(19-9-20-3)4-5-12(10)14-7-6-13(16)15(18)17(14)2/h4-5,7-8,13H,6,9H2,1-3H3. The highest BCUT2D eigenvalue weighted by Crippen LogP contribution is 2.30. The summed E-state index contributed by atoms with van der Waals surface area (Å²) in [6.07, 6.45) is 4.59. The number of nitrogens with zero attached hydrogens (tertiary/aromatic N) is 1. The van der Waals surface area contributed by atoms with E-state index in [0.29, 0.717) is 12.4 Å². The van der Waals surface area contributed by atoms with Crippen LogP contribution in [0, 0.1) is 6.92 Å². The van der Waals surface area contributed by atoms with Gasteiger partial charge in [0.25, 0.3) is 0 Å². The molecule has 1 atom stereocenters. The van der Waals surface area contributed by atoms with Gasteiger partial charge in [0.05, 0.1) is 0 Å². The average Bonchev–Trinajstić information content (AvgIpc) is 2.44. The fourth-order valence-electron chi connectivity index (χ4n) is 2.21.